The number of carbonyl (C=O) groups excluding carboxylic acids is 1. The number of hydrogen-bond donors (Lipinski definition) is 2. The molecule has 3 aromatic rings. The van der Waals surface area contributed by atoms with Crippen LogP contribution in [0.25, 0.3) is 0 Å². The first-order valence-electron chi connectivity index (χ1n) is 7.47. The number of benzene rings is 2. The molecule has 1 heterocycles. The summed E-state index contributed by atoms with van der Waals surface area (Å²) in [4.78, 5) is 16.0. The van der Waals surface area contributed by atoms with Crippen molar-refractivity contribution in [1.29, 1.82) is 0 Å². The van der Waals surface area contributed by atoms with Crippen molar-refractivity contribution in [1.82, 2.24) is 10.4 Å². The summed E-state index contributed by atoms with van der Waals surface area (Å²) in [6, 6.07) is 15.3. The van der Waals surface area contributed by atoms with Gasteiger partial charge in [0, 0.05) is 29.1 Å². The standard InChI is InChI=1S/C19H14FN3O2/c20-16-5-1-13(2-6-16)18(14-3-7-17(24)8-4-14)22-23-19(25)15-9-11-21-12-10-15/h1-12,24H,(H,23,25). The largest absolute Gasteiger partial charge is 0.508 e. The molecule has 0 saturated carbocycles. The van der Waals surface area contributed by atoms with E-state index in [0.29, 0.717) is 22.4 Å². The number of carbonyl (C=O) groups is 1. The predicted molar refractivity (Wildman–Crippen MR) is 91.8 cm³/mol. The maximum absolute atomic E-state index is 13.2. The molecule has 6 heteroatoms. The molecular weight excluding hydrogens is 321 g/mol. The number of hydrogen-bond acceptors (Lipinski definition) is 4. The van der Waals surface area contributed by atoms with E-state index in [4.69, 9.17) is 0 Å². The van der Waals surface area contributed by atoms with Gasteiger partial charge < -0.3 is 5.11 Å². The van der Waals surface area contributed by atoms with Gasteiger partial charge in [-0.1, -0.05) is 0 Å². The summed E-state index contributed by atoms with van der Waals surface area (Å²) >= 11 is 0. The van der Waals surface area contributed by atoms with Gasteiger partial charge in [-0.25, -0.2) is 9.82 Å². The zero-order valence-electron chi connectivity index (χ0n) is 13.1. The Bertz CT molecular complexity index is 845. The molecule has 2 aromatic carbocycles. The lowest BCUT2D eigenvalue weighted by Crippen LogP contribution is -2.20. The van der Waals surface area contributed by atoms with E-state index in [2.05, 4.69) is 15.5 Å². The summed E-state index contributed by atoms with van der Waals surface area (Å²) in [5.41, 5.74) is 4.65. The molecular formula is C19H14FN3O2. The highest BCUT2D eigenvalue weighted by molar-refractivity contribution is 6.13. The molecule has 5 nitrogen and oxygen atoms in total. The quantitative estimate of drug-likeness (QED) is 0.568. The molecule has 0 radical (unpaired) electrons. The zero-order chi connectivity index (χ0) is 17.6. The average Bonchev–Trinajstić information content (AvgIpc) is 2.65. The second-order valence-corrected chi connectivity index (χ2v) is 5.19. The van der Waals surface area contributed by atoms with Crippen LogP contribution in [0.2, 0.25) is 0 Å². The zero-order valence-corrected chi connectivity index (χ0v) is 13.1. The number of nitrogens with one attached hydrogen (secondary N) is 1. The Morgan fingerprint density at radius 2 is 1.44 bits per heavy atom. The monoisotopic (exact) mass is 335 g/mol. The van der Waals surface area contributed by atoms with Gasteiger partial charge in [-0.15, -0.1) is 0 Å². The number of rotatable bonds is 4. The predicted octanol–water partition coefficient (Wildman–Crippen LogP) is 3.11. The van der Waals surface area contributed by atoms with Crippen LogP contribution < -0.4 is 5.43 Å². The summed E-state index contributed by atoms with van der Waals surface area (Å²) in [5, 5.41) is 13.6. The highest BCUT2D eigenvalue weighted by atomic mass is 19.1. The first kappa shape index (κ1) is 16.3. The van der Waals surface area contributed by atoms with Crippen LogP contribution in [-0.4, -0.2) is 21.7 Å². The van der Waals surface area contributed by atoms with E-state index in [1.165, 1.54) is 36.7 Å². The highest BCUT2D eigenvalue weighted by Crippen LogP contribution is 2.15. The fourth-order valence-corrected chi connectivity index (χ4v) is 2.20. The Morgan fingerprint density at radius 1 is 0.880 bits per heavy atom. The summed E-state index contributed by atoms with van der Waals surface area (Å²) in [6.45, 7) is 0. The molecule has 0 aliphatic heterocycles. The van der Waals surface area contributed by atoms with Gasteiger partial charge >= 0.3 is 0 Å². The Hall–Kier alpha value is -3.54. The number of pyridine rings is 1. The van der Waals surface area contributed by atoms with Crippen molar-refractivity contribution in [2.24, 2.45) is 5.10 Å². The van der Waals surface area contributed by atoms with E-state index < -0.39 is 0 Å². The van der Waals surface area contributed by atoms with Crippen LogP contribution in [0.4, 0.5) is 4.39 Å². The molecule has 0 unspecified atom stereocenters. The fraction of sp³-hybridized carbons (Fsp3) is 0. The second-order valence-electron chi connectivity index (χ2n) is 5.19. The molecule has 1 aromatic heterocycles. The SMILES string of the molecule is O=C(NN=C(c1ccc(O)cc1)c1ccc(F)cc1)c1ccncc1. The van der Waals surface area contributed by atoms with Crippen molar-refractivity contribution in [2.75, 3.05) is 0 Å². The van der Waals surface area contributed by atoms with Gasteiger partial charge in [0.1, 0.15) is 11.6 Å². The molecule has 1 amide bonds. The van der Waals surface area contributed by atoms with Gasteiger partial charge in [0.05, 0.1) is 5.71 Å². The van der Waals surface area contributed by atoms with E-state index >= 15 is 0 Å². The van der Waals surface area contributed by atoms with Gasteiger partial charge in [0.15, 0.2) is 0 Å². The van der Waals surface area contributed by atoms with E-state index in [-0.39, 0.29) is 17.5 Å². The molecule has 0 saturated heterocycles. The molecule has 0 atom stereocenters. The van der Waals surface area contributed by atoms with Crippen LogP contribution in [0.15, 0.2) is 78.2 Å². The van der Waals surface area contributed by atoms with Crippen molar-refractivity contribution in [3.63, 3.8) is 0 Å². The van der Waals surface area contributed by atoms with Crippen molar-refractivity contribution in [2.45, 2.75) is 0 Å². The molecule has 0 bridgehead atoms. The summed E-state index contributed by atoms with van der Waals surface area (Å²) in [7, 11) is 0. The number of aromatic nitrogens is 1. The van der Waals surface area contributed by atoms with Gasteiger partial charge in [0.25, 0.3) is 5.91 Å². The minimum absolute atomic E-state index is 0.114. The Labute approximate surface area is 143 Å². The Morgan fingerprint density at radius 3 is 2.04 bits per heavy atom. The normalized spacial score (nSPS) is 11.2. The van der Waals surface area contributed by atoms with E-state index in [1.54, 1.807) is 36.4 Å². The number of nitrogens with zero attached hydrogens (tertiary/aromatic N) is 2. The van der Waals surface area contributed by atoms with Gasteiger partial charge in [-0.2, -0.15) is 5.10 Å². The molecule has 0 aliphatic rings. The summed E-state index contributed by atoms with van der Waals surface area (Å²) in [6.07, 6.45) is 3.03. The second kappa shape index (κ2) is 7.35. The molecule has 0 spiro atoms. The third kappa shape index (κ3) is 4.06. The van der Waals surface area contributed by atoms with Crippen LogP contribution in [0, 0.1) is 5.82 Å². The maximum atomic E-state index is 13.2. The molecule has 0 fully saturated rings. The fourth-order valence-electron chi connectivity index (χ4n) is 2.20. The number of halogens is 1. The van der Waals surface area contributed by atoms with Gasteiger partial charge in [0.2, 0.25) is 0 Å². The third-order valence-corrected chi connectivity index (χ3v) is 3.47. The molecule has 2 N–H and O–H groups in total. The van der Waals surface area contributed by atoms with Crippen molar-refractivity contribution in [3.8, 4) is 5.75 Å². The van der Waals surface area contributed by atoms with Crippen LogP contribution in [0.5, 0.6) is 5.75 Å². The van der Waals surface area contributed by atoms with Crippen molar-refractivity contribution in [3.05, 3.63) is 95.6 Å². The summed E-state index contributed by atoms with van der Waals surface area (Å²) < 4.78 is 13.2. The number of amides is 1. The van der Waals surface area contributed by atoms with Gasteiger partial charge in [-0.3, -0.25) is 9.78 Å². The smallest absolute Gasteiger partial charge is 0.271 e. The third-order valence-electron chi connectivity index (χ3n) is 3.47. The number of phenols is 1. The van der Waals surface area contributed by atoms with Crippen LogP contribution in [-0.2, 0) is 0 Å². The lowest BCUT2D eigenvalue weighted by atomic mass is 10.0. The van der Waals surface area contributed by atoms with Gasteiger partial charge in [-0.05, 0) is 60.7 Å². The number of phenolic OH excluding ortho intramolecular Hbond substituents is 1. The lowest BCUT2D eigenvalue weighted by Gasteiger charge is -2.08. The lowest BCUT2D eigenvalue weighted by molar-refractivity contribution is 0.0955. The molecule has 0 aliphatic carbocycles. The molecule has 3 rings (SSSR count). The topological polar surface area (TPSA) is 74.6 Å². The maximum Gasteiger partial charge on any atom is 0.271 e. The van der Waals surface area contributed by atoms with E-state index in [0.717, 1.165) is 0 Å². The van der Waals surface area contributed by atoms with Crippen LogP contribution in [0.3, 0.4) is 0 Å². The first-order chi connectivity index (χ1) is 12.1. The minimum atomic E-state index is -0.388. The number of hydrazone groups is 1. The van der Waals surface area contributed by atoms with Crippen LogP contribution in [0.1, 0.15) is 21.5 Å². The minimum Gasteiger partial charge on any atom is -0.508 e. The highest BCUT2D eigenvalue weighted by Gasteiger charge is 2.10. The molecule has 124 valence electrons. The molecule has 25 heavy (non-hydrogen) atoms. The van der Waals surface area contributed by atoms with Crippen molar-refractivity contribution < 1.29 is 14.3 Å². The average molecular weight is 335 g/mol. The summed E-state index contributed by atoms with van der Waals surface area (Å²) in [5.74, 6) is -0.640. The van der Waals surface area contributed by atoms with Crippen molar-refractivity contribution >= 4 is 11.6 Å². The van der Waals surface area contributed by atoms with E-state index in [1.807, 2.05) is 0 Å². The number of aromatic hydroxyl groups is 1. The first-order valence-corrected chi connectivity index (χ1v) is 7.47. The Kier molecular flexibility index (Phi) is 4.80. The van der Waals surface area contributed by atoms with Crippen LogP contribution >= 0.6 is 0 Å². The van der Waals surface area contributed by atoms with E-state index in [9.17, 15) is 14.3 Å². The Balaban J connectivity index is 1.94.